The summed E-state index contributed by atoms with van der Waals surface area (Å²) >= 11 is 0. The van der Waals surface area contributed by atoms with E-state index in [2.05, 4.69) is 0 Å². The van der Waals surface area contributed by atoms with Crippen molar-refractivity contribution < 1.29 is 19.4 Å². The van der Waals surface area contributed by atoms with Gasteiger partial charge in [0.2, 0.25) is 0 Å². The Kier molecular flexibility index (Phi) is 7.08. The fourth-order valence-corrected chi connectivity index (χ4v) is 3.52. The Labute approximate surface area is 182 Å². The summed E-state index contributed by atoms with van der Waals surface area (Å²) in [5.74, 6) is -0.634. The van der Waals surface area contributed by atoms with Gasteiger partial charge in [-0.2, -0.15) is 0 Å². The van der Waals surface area contributed by atoms with E-state index in [9.17, 15) is 14.7 Å². The zero-order valence-corrected chi connectivity index (χ0v) is 18.0. The molecule has 1 N–H and O–H groups in total. The number of benzene rings is 3. The van der Waals surface area contributed by atoms with Gasteiger partial charge in [0, 0.05) is 19.0 Å². The van der Waals surface area contributed by atoms with E-state index in [-0.39, 0.29) is 12.3 Å². The molecule has 0 aliphatic heterocycles. The Morgan fingerprint density at radius 3 is 2.10 bits per heavy atom. The zero-order chi connectivity index (χ0) is 22.4. The first-order valence-corrected chi connectivity index (χ1v) is 10.2. The summed E-state index contributed by atoms with van der Waals surface area (Å²) in [5, 5.41) is 9.76. The third-order valence-electron chi connectivity index (χ3n) is 5.14. The average molecular weight is 418 g/mol. The molecule has 0 fully saturated rings. The van der Waals surface area contributed by atoms with Crippen LogP contribution in [0, 0.1) is 13.8 Å². The normalized spacial score (nSPS) is 11.6. The van der Waals surface area contributed by atoms with Gasteiger partial charge in [0.15, 0.2) is 0 Å². The van der Waals surface area contributed by atoms with Gasteiger partial charge in [0.25, 0.3) is 5.91 Å². The molecule has 0 saturated heterocycles. The topological polar surface area (TPSA) is 66.8 Å². The van der Waals surface area contributed by atoms with Crippen LogP contribution in [0.15, 0.2) is 72.8 Å². The van der Waals surface area contributed by atoms with Crippen LogP contribution in [0.3, 0.4) is 0 Å². The Bertz CT molecular complexity index is 1020. The second-order valence-electron chi connectivity index (χ2n) is 7.77. The molecule has 0 radical (unpaired) electrons. The van der Waals surface area contributed by atoms with Crippen molar-refractivity contribution >= 4 is 11.9 Å². The van der Waals surface area contributed by atoms with Gasteiger partial charge in [0.1, 0.15) is 18.4 Å². The first-order chi connectivity index (χ1) is 14.8. The molecule has 0 bridgehead atoms. The molecule has 5 heteroatoms. The van der Waals surface area contributed by atoms with E-state index in [0.29, 0.717) is 17.9 Å². The summed E-state index contributed by atoms with van der Waals surface area (Å²) < 4.78 is 5.78. The van der Waals surface area contributed by atoms with Crippen LogP contribution in [-0.2, 0) is 17.8 Å². The number of ether oxygens (including phenoxy) is 1. The lowest BCUT2D eigenvalue weighted by molar-refractivity contribution is -0.141. The number of aryl methyl sites for hydroxylation is 2. The Morgan fingerprint density at radius 1 is 0.903 bits per heavy atom. The van der Waals surface area contributed by atoms with Crippen LogP contribution in [0.1, 0.15) is 32.6 Å². The summed E-state index contributed by atoms with van der Waals surface area (Å²) in [7, 11) is 1.54. The highest BCUT2D eigenvalue weighted by atomic mass is 16.5. The number of likely N-dealkylation sites (N-methyl/N-ethyl adjacent to an activating group) is 1. The van der Waals surface area contributed by atoms with E-state index < -0.39 is 12.0 Å². The van der Waals surface area contributed by atoms with E-state index in [1.54, 1.807) is 12.1 Å². The van der Waals surface area contributed by atoms with Gasteiger partial charge in [-0.3, -0.25) is 4.79 Å². The summed E-state index contributed by atoms with van der Waals surface area (Å²) in [5.41, 5.74) is 4.32. The molecule has 0 aliphatic carbocycles. The lowest BCUT2D eigenvalue weighted by atomic mass is 10.0. The number of hydrogen-bond acceptors (Lipinski definition) is 3. The lowest BCUT2D eigenvalue weighted by Crippen LogP contribution is -2.43. The van der Waals surface area contributed by atoms with Crippen LogP contribution in [0.5, 0.6) is 5.75 Å². The van der Waals surface area contributed by atoms with Gasteiger partial charge in [-0.1, -0.05) is 59.7 Å². The smallest absolute Gasteiger partial charge is 0.326 e. The largest absolute Gasteiger partial charge is 0.489 e. The van der Waals surface area contributed by atoms with Crippen LogP contribution in [-0.4, -0.2) is 35.0 Å². The maximum atomic E-state index is 12.9. The van der Waals surface area contributed by atoms with Crippen molar-refractivity contribution in [2.24, 2.45) is 0 Å². The molecule has 3 aromatic carbocycles. The van der Waals surface area contributed by atoms with Crippen molar-refractivity contribution in [3.63, 3.8) is 0 Å². The molecule has 31 heavy (non-hydrogen) atoms. The number of hydrogen-bond donors (Lipinski definition) is 1. The quantitative estimate of drug-likeness (QED) is 0.579. The highest BCUT2D eigenvalue weighted by molar-refractivity contribution is 5.96. The number of aliphatic carboxylic acids is 1. The minimum Gasteiger partial charge on any atom is -0.489 e. The maximum absolute atomic E-state index is 12.9. The molecule has 1 atom stereocenters. The van der Waals surface area contributed by atoms with Gasteiger partial charge in [-0.05, 0) is 49.2 Å². The zero-order valence-electron chi connectivity index (χ0n) is 18.0. The van der Waals surface area contributed by atoms with Gasteiger partial charge in [-0.15, -0.1) is 0 Å². The molecule has 0 aromatic heterocycles. The molecular formula is C26H27NO4. The Hall–Kier alpha value is -3.60. The van der Waals surface area contributed by atoms with Gasteiger partial charge >= 0.3 is 5.97 Å². The maximum Gasteiger partial charge on any atom is 0.326 e. The summed E-state index contributed by atoms with van der Waals surface area (Å²) in [6, 6.07) is 21.8. The number of rotatable bonds is 8. The monoisotopic (exact) mass is 417 g/mol. The Morgan fingerprint density at radius 2 is 1.52 bits per heavy atom. The highest BCUT2D eigenvalue weighted by Crippen LogP contribution is 2.18. The summed E-state index contributed by atoms with van der Waals surface area (Å²) in [4.78, 5) is 26.1. The molecule has 160 valence electrons. The SMILES string of the molecule is Cc1cc(C)cc(C(=O)N(C)[C@@H](Cc2ccc(OCc3ccccc3)cc2)C(=O)O)c1. The fraction of sp³-hybridized carbons (Fsp3) is 0.231. The minimum atomic E-state index is -1.04. The molecule has 0 aliphatic rings. The first kappa shape index (κ1) is 22.1. The predicted molar refractivity (Wildman–Crippen MR) is 120 cm³/mol. The number of carbonyl (C=O) groups excluding carboxylic acids is 1. The molecule has 0 heterocycles. The van der Waals surface area contributed by atoms with Crippen LogP contribution in [0.25, 0.3) is 0 Å². The Balaban J connectivity index is 1.67. The van der Waals surface area contributed by atoms with Crippen molar-refractivity contribution in [3.05, 3.63) is 101 Å². The van der Waals surface area contributed by atoms with E-state index >= 15 is 0 Å². The van der Waals surface area contributed by atoms with Crippen molar-refractivity contribution in [1.82, 2.24) is 4.90 Å². The molecule has 0 spiro atoms. The van der Waals surface area contributed by atoms with E-state index in [1.165, 1.54) is 11.9 Å². The number of carboxylic acids is 1. The molecule has 0 unspecified atom stereocenters. The molecular weight excluding hydrogens is 390 g/mol. The van der Waals surface area contributed by atoms with Crippen LogP contribution >= 0.6 is 0 Å². The van der Waals surface area contributed by atoms with Gasteiger partial charge < -0.3 is 14.7 Å². The minimum absolute atomic E-state index is 0.210. The van der Waals surface area contributed by atoms with E-state index in [4.69, 9.17) is 4.74 Å². The number of carboxylic acid groups (broad SMARTS) is 1. The van der Waals surface area contributed by atoms with Crippen molar-refractivity contribution in [3.8, 4) is 5.75 Å². The van der Waals surface area contributed by atoms with Crippen LogP contribution < -0.4 is 4.74 Å². The summed E-state index contributed by atoms with van der Waals surface area (Å²) in [6.07, 6.45) is 0.210. The third kappa shape index (κ3) is 5.95. The second kappa shape index (κ2) is 9.94. The second-order valence-corrected chi connectivity index (χ2v) is 7.77. The van der Waals surface area contributed by atoms with Crippen molar-refractivity contribution in [2.75, 3.05) is 7.05 Å². The lowest BCUT2D eigenvalue weighted by Gasteiger charge is -2.25. The highest BCUT2D eigenvalue weighted by Gasteiger charge is 2.27. The number of amides is 1. The molecule has 1 amide bonds. The fourth-order valence-electron chi connectivity index (χ4n) is 3.52. The molecule has 5 nitrogen and oxygen atoms in total. The van der Waals surface area contributed by atoms with Gasteiger partial charge in [0.05, 0.1) is 0 Å². The third-order valence-corrected chi connectivity index (χ3v) is 5.14. The first-order valence-electron chi connectivity index (χ1n) is 10.2. The molecule has 0 saturated carbocycles. The van der Waals surface area contributed by atoms with Gasteiger partial charge in [-0.25, -0.2) is 4.79 Å². The van der Waals surface area contributed by atoms with E-state index in [0.717, 1.165) is 22.3 Å². The number of nitrogens with zero attached hydrogens (tertiary/aromatic N) is 1. The standard InChI is InChI=1S/C26H27NO4/c1-18-13-19(2)15-22(14-18)25(28)27(3)24(26(29)30)16-20-9-11-23(12-10-20)31-17-21-7-5-4-6-8-21/h4-15,24H,16-17H2,1-3H3,(H,29,30)/t24-/m0/s1. The summed E-state index contributed by atoms with van der Waals surface area (Å²) in [6.45, 7) is 4.30. The predicted octanol–water partition coefficient (Wildman–Crippen LogP) is 4.65. The molecule has 3 aromatic rings. The van der Waals surface area contributed by atoms with E-state index in [1.807, 2.05) is 74.5 Å². The molecule has 3 rings (SSSR count). The number of carbonyl (C=O) groups is 2. The van der Waals surface area contributed by atoms with Crippen molar-refractivity contribution in [1.29, 1.82) is 0 Å². The van der Waals surface area contributed by atoms with Crippen LogP contribution in [0.2, 0.25) is 0 Å². The van der Waals surface area contributed by atoms with Crippen molar-refractivity contribution in [2.45, 2.75) is 32.9 Å². The van der Waals surface area contributed by atoms with Crippen LogP contribution in [0.4, 0.5) is 0 Å². The average Bonchev–Trinajstić information content (AvgIpc) is 2.75.